The van der Waals surface area contributed by atoms with Gasteiger partial charge < -0.3 is 9.64 Å². The molecule has 0 bridgehead atoms. The standard InChI is InChI=1S/C15H16ClN3O2S/c1-10-2-5-14(18-17-10)21-11-6-8-19(9-7-11)15(20)12-3-4-13(16)22-12/h2-5,11H,6-9H2,1H3. The summed E-state index contributed by atoms with van der Waals surface area (Å²) in [5.41, 5.74) is 0.863. The lowest BCUT2D eigenvalue weighted by Crippen LogP contribution is -2.41. The average Bonchev–Trinajstić information content (AvgIpc) is 2.96. The van der Waals surface area contributed by atoms with Gasteiger partial charge in [-0.25, -0.2) is 0 Å². The van der Waals surface area contributed by atoms with Crippen LogP contribution in [0.2, 0.25) is 4.34 Å². The Kier molecular flexibility index (Phi) is 4.59. The van der Waals surface area contributed by atoms with E-state index in [4.69, 9.17) is 16.3 Å². The van der Waals surface area contributed by atoms with E-state index in [1.807, 2.05) is 24.0 Å². The maximum Gasteiger partial charge on any atom is 0.263 e. The van der Waals surface area contributed by atoms with Crippen LogP contribution in [-0.4, -0.2) is 40.2 Å². The van der Waals surface area contributed by atoms with Gasteiger partial charge in [0.05, 0.1) is 14.9 Å². The Labute approximate surface area is 137 Å². The van der Waals surface area contributed by atoms with Crippen molar-refractivity contribution in [3.63, 3.8) is 0 Å². The van der Waals surface area contributed by atoms with Crippen molar-refractivity contribution in [3.05, 3.63) is 39.2 Å². The van der Waals surface area contributed by atoms with Crippen molar-refractivity contribution in [2.24, 2.45) is 0 Å². The largest absolute Gasteiger partial charge is 0.473 e. The molecule has 2 aromatic heterocycles. The van der Waals surface area contributed by atoms with Gasteiger partial charge in [-0.1, -0.05) is 11.6 Å². The quantitative estimate of drug-likeness (QED) is 0.863. The Morgan fingerprint density at radius 2 is 2.05 bits per heavy atom. The molecule has 1 saturated heterocycles. The number of hydrogen-bond donors (Lipinski definition) is 0. The highest BCUT2D eigenvalue weighted by molar-refractivity contribution is 7.17. The average molecular weight is 338 g/mol. The fraction of sp³-hybridized carbons (Fsp3) is 0.400. The smallest absolute Gasteiger partial charge is 0.263 e. The van der Waals surface area contributed by atoms with Crippen LogP contribution in [0.4, 0.5) is 0 Å². The molecule has 0 N–H and O–H groups in total. The van der Waals surface area contributed by atoms with E-state index in [2.05, 4.69) is 10.2 Å². The molecule has 1 fully saturated rings. The molecule has 0 saturated carbocycles. The van der Waals surface area contributed by atoms with Crippen molar-refractivity contribution in [2.75, 3.05) is 13.1 Å². The Hall–Kier alpha value is -1.66. The topological polar surface area (TPSA) is 55.3 Å². The number of hydrogen-bond acceptors (Lipinski definition) is 5. The van der Waals surface area contributed by atoms with E-state index in [1.165, 1.54) is 11.3 Å². The molecule has 3 heterocycles. The molecule has 0 unspecified atom stereocenters. The van der Waals surface area contributed by atoms with Gasteiger partial charge in [0.15, 0.2) is 0 Å². The van der Waals surface area contributed by atoms with Crippen LogP contribution in [0.5, 0.6) is 5.88 Å². The molecule has 0 aliphatic carbocycles. The Morgan fingerprint density at radius 1 is 1.27 bits per heavy atom. The SMILES string of the molecule is Cc1ccc(OC2CCN(C(=O)c3ccc(Cl)s3)CC2)nn1. The summed E-state index contributed by atoms with van der Waals surface area (Å²) in [4.78, 5) is 14.9. The molecule has 0 atom stereocenters. The van der Waals surface area contributed by atoms with E-state index in [1.54, 1.807) is 12.1 Å². The lowest BCUT2D eigenvalue weighted by Gasteiger charge is -2.31. The molecule has 22 heavy (non-hydrogen) atoms. The number of piperidine rings is 1. The highest BCUT2D eigenvalue weighted by atomic mass is 35.5. The van der Waals surface area contributed by atoms with Crippen LogP contribution in [-0.2, 0) is 0 Å². The summed E-state index contributed by atoms with van der Waals surface area (Å²) in [7, 11) is 0. The number of rotatable bonds is 3. The molecule has 1 aliphatic rings. The lowest BCUT2D eigenvalue weighted by molar-refractivity contribution is 0.0590. The number of nitrogens with zero attached hydrogens (tertiary/aromatic N) is 3. The summed E-state index contributed by atoms with van der Waals surface area (Å²) >= 11 is 7.20. The molecule has 0 aromatic carbocycles. The van der Waals surface area contributed by atoms with E-state index in [9.17, 15) is 4.79 Å². The van der Waals surface area contributed by atoms with Crippen LogP contribution >= 0.6 is 22.9 Å². The number of thiophene rings is 1. The fourth-order valence-corrected chi connectivity index (χ4v) is 3.39. The summed E-state index contributed by atoms with van der Waals surface area (Å²) in [6.07, 6.45) is 1.66. The molecule has 1 aliphatic heterocycles. The van der Waals surface area contributed by atoms with Crippen LogP contribution < -0.4 is 4.74 Å². The lowest BCUT2D eigenvalue weighted by atomic mass is 10.1. The van der Waals surface area contributed by atoms with E-state index in [-0.39, 0.29) is 12.0 Å². The summed E-state index contributed by atoms with van der Waals surface area (Å²) < 4.78 is 6.46. The number of amides is 1. The molecule has 1 amide bonds. The second-order valence-electron chi connectivity index (χ2n) is 5.23. The van der Waals surface area contributed by atoms with Crippen LogP contribution in [0, 0.1) is 6.92 Å². The van der Waals surface area contributed by atoms with Crippen molar-refractivity contribution < 1.29 is 9.53 Å². The molecule has 116 valence electrons. The van der Waals surface area contributed by atoms with Crippen molar-refractivity contribution in [2.45, 2.75) is 25.9 Å². The fourth-order valence-electron chi connectivity index (χ4n) is 2.38. The van der Waals surface area contributed by atoms with Crippen molar-refractivity contribution in [3.8, 4) is 5.88 Å². The van der Waals surface area contributed by atoms with Gasteiger partial charge in [0.1, 0.15) is 6.10 Å². The first kappa shape index (κ1) is 15.2. The zero-order valence-corrected chi connectivity index (χ0v) is 13.7. The zero-order chi connectivity index (χ0) is 15.5. The predicted octanol–water partition coefficient (Wildman–Crippen LogP) is 3.18. The first-order valence-electron chi connectivity index (χ1n) is 7.13. The second-order valence-corrected chi connectivity index (χ2v) is 6.94. The molecule has 5 nitrogen and oxygen atoms in total. The minimum absolute atomic E-state index is 0.0467. The number of carbonyl (C=O) groups is 1. The highest BCUT2D eigenvalue weighted by Gasteiger charge is 2.25. The third kappa shape index (κ3) is 3.56. The highest BCUT2D eigenvalue weighted by Crippen LogP contribution is 2.24. The number of carbonyl (C=O) groups excluding carboxylic acids is 1. The summed E-state index contributed by atoms with van der Waals surface area (Å²) in [6, 6.07) is 7.24. The van der Waals surface area contributed by atoms with Gasteiger partial charge in [-0.05, 0) is 25.1 Å². The Morgan fingerprint density at radius 3 is 2.64 bits per heavy atom. The maximum absolute atomic E-state index is 12.3. The van der Waals surface area contributed by atoms with E-state index < -0.39 is 0 Å². The van der Waals surface area contributed by atoms with Crippen LogP contribution in [0.15, 0.2) is 24.3 Å². The normalized spacial score (nSPS) is 15.8. The van der Waals surface area contributed by atoms with E-state index >= 15 is 0 Å². The van der Waals surface area contributed by atoms with Crippen LogP contribution in [0.3, 0.4) is 0 Å². The molecule has 3 rings (SSSR count). The summed E-state index contributed by atoms with van der Waals surface area (Å²) in [5, 5.41) is 7.99. The van der Waals surface area contributed by atoms with Gasteiger partial charge in [-0.15, -0.1) is 16.4 Å². The molecule has 7 heteroatoms. The zero-order valence-electron chi connectivity index (χ0n) is 12.2. The minimum Gasteiger partial charge on any atom is -0.473 e. The van der Waals surface area contributed by atoms with Crippen LogP contribution in [0.25, 0.3) is 0 Å². The van der Waals surface area contributed by atoms with Gasteiger partial charge in [0.2, 0.25) is 5.88 Å². The molecule has 0 radical (unpaired) electrons. The van der Waals surface area contributed by atoms with E-state index in [0.717, 1.165) is 18.5 Å². The Balaban J connectivity index is 1.54. The monoisotopic (exact) mass is 337 g/mol. The van der Waals surface area contributed by atoms with Gasteiger partial charge in [-0.3, -0.25) is 4.79 Å². The first-order chi connectivity index (χ1) is 10.6. The number of likely N-dealkylation sites (tertiary alicyclic amines) is 1. The van der Waals surface area contributed by atoms with Crippen molar-refractivity contribution >= 4 is 28.8 Å². The van der Waals surface area contributed by atoms with Gasteiger partial charge in [0.25, 0.3) is 5.91 Å². The van der Waals surface area contributed by atoms with E-state index in [0.29, 0.717) is 28.2 Å². The molecular weight excluding hydrogens is 322 g/mol. The van der Waals surface area contributed by atoms with Crippen LogP contribution in [0.1, 0.15) is 28.2 Å². The molecule has 2 aromatic rings. The maximum atomic E-state index is 12.3. The molecular formula is C15H16ClN3O2S. The second kappa shape index (κ2) is 6.62. The van der Waals surface area contributed by atoms with Crippen molar-refractivity contribution in [1.29, 1.82) is 0 Å². The number of aromatic nitrogens is 2. The van der Waals surface area contributed by atoms with Gasteiger partial charge in [-0.2, -0.15) is 5.10 Å². The molecule has 0 spiro atoms. The number of halogens is 1. The number of ether oxygens (including phenoxy) is 1. The third-order valence-electron chi connectivity index (χ3n) is 3.57. The third-order valence-corrected chi connectivity index (χ3v) is 4.79. The Bertz CT molecular complexity index is 651. The minimum atomic E-state index is 0.0467. The number of aryl methyl sites for hydroxylation is 1. The van der Waals surface area contributed by atoms with Crippen molar-refractivity contribution in [1.82, 2.24) is 15.1 Å². The predicted molar refractivity (Wildman–Crippen MR) is 85.7 cm³/mol. The summed E-state index contributed by atoms with van der Waals surface area (Å²) in [6.45, 7) is 3.24. The first-order valence-corrected chi connectivity index (χ1v) is 8.33. The van der Waals surface area contributed by atoms with Gasteiger partial charge in [0, 0.05) is 32.0 Å². The van der Waals surface area contributed by atoms with Gasteiger partial charge >= 0.3 is 0 Å². The summed E-state index contributed by atoms with van der Waals surface area (Å²) in [5.74, 6) is 0.589.